The van der Waals surface area contributed by atoms with Crippen molar-refractivity contribution < 1.29 is 4.57 Å². The minimum absolute atomic E-state index is 0.347. The summed E-state index contributed by atoms with van der Waals surface area (Å²) in [6, 6.07) is 25.4. The van der Waals surface area contributed by atoms with Gasteiger partial charge in [0.15, 0.2) is 7.14 Å². The predicted molar refractivity (Wildman–Crippen MR) is 110 cm³/mol. The first-order chi connectivity index (χ1) is 12.8. The van der Waals surface area contributed by atoms with Crippen molar-refractivity contribution in [2.75, 3.05) is 6.54 Å². The van der Waals surface area contributed by atoms with Gasteiger partial charge in [0.05, 0.1) is 5.69 Å². The summed E-state index contributed by atoms with van der Waals surface area (Å²) in [5.74, 6) is -0.347. The molecule has 0 aliphatic rings. The van der Waals surface area contributed by atoms with E-state index in [4.69, 9.17) is 0 Å². The van der Waals surface area contributed by atoms with Gasteiger partial charge in [-0.05, 0) is 25.1 Å². The number of aromatic nitrogens is 1. The Hall–Kier alpha value is -2.22. The number of nitrogens with one attached hydrogen (secondary N) is 1. The van der Waals surface area contributed by atoms with E-state index in [1.54, 1.807) is 6.20 Å². The highest BCUT2D eigenvalue weighted by Gasteiger charge is 2.38. The van der Waals surface area contributed by atoms with Crippen LogP contribution in [0.15, 0.2) is 85.1 Å². The Morgan fingerprint density at radius 3 is 1.96 bits per heavy atom. The fraction of sp³-hybridized carbons (Fsp3) is 0.227. The van der Waals surface area contributed by atoms with Crippen LogP contribution in [0.3, 0.4) is 0 Å². The second-order valence-corrected chi connectivity index (χ2v) is 9.16. The maximum absolute atomic E-state index is 14.6. The molecule has 0 saturated heterocycles. The first-order valence-corrected chi connectivity index (χ1v) is 10.9. The molecule has 1 N–H and O–H groups in total. The van der Waals surface area contributed by atoms with Gasteiger partial charge < -0.3 is 9.88 Å². The van der Waals surface area contributed by atoms with Crippen LogP contribution in [0.25, 0.3) is 0 Å². The number of hydrogen-bond acceptors (Lipinski definition) is 3. The van der Waals surface area contributed by atoms with Crippen LogP contribution >= 0.6 is 7.14 Å². The van der Waals surface area contributed by atoms with E-state index in [2.05, 4.69) is 17.2 Å². The average Bonchev–Trinajstić information content (AvgIpc) is 2.73. The fourth-order valence-corrected chi connectivity index (χ4v) is 6.15. The average molecular weight is 364 g/mol. The molecule has 0 amide bonds. The number of hydrogen-bond donors (Lipinski definition) is 1. The van der Waals surface area contributed by atoms with E-state index in [0.29, 0.717) is 0 Å². The Morgan fingerprint density at radius 1 is 0.885 bits per heavy atom. The molecule has 2 aromatic carbocycles. The molecule has 26 heavy (non-hydrogen) atoms. The molecular formula is C22H25N2OP. The summed E-state index contributed by atoms with van der Waals surface area (Å²) in [5.41, 5.74) is 0.819. The van der Waals surface area contributed by atoms with Gasteiger partial charge in [0, 0.05) is 16.8 Å². The van der Waals surface area contributed by atoms with Gasteiger partial charge in [-0.25, -0.2) is 0 Å². The topological polar surface area (TPSA) is 42.0 Å². The van der Waals surface area contributed by atoms with E-state index in [-0.39, 0.29) is 5.78 Å². The van der Waals surface area contributed by atoms with Gasteiger partial charge in [0.1, 0.15) is 5.78 Å². The summed E-state index contributed by atoms with van der Waals surface area (Å²) in [4.78, 5) is 4.54. The van der Waals surface area contributed by atoms with Crippen LogP contribution in [-0.2, 0) is 4.57 Å². The van der Waals surface area contributed by atoms with Crippen LogP contribution < -0.4 is 15.9 Å². The van der Waals surface area contributed by atoms with Crippen LogP contribution in [-0.4, -0.2) is 11.5 Å². The molecule has 0 saturated carbocycles. The molecule has 1 aromatic heterocycles. The molecule has 3 aromatic rings. The lowest BCUT2D eigenvalue weighted by molar-refractivity contribution is 0.550. The Morgan fingerprint density at radius 2 is 1.46 bits per heavy atom. The summed E-state index contributed by atoms with van der Waals surface area (Å²) in [6.45, 7) is 2.97. The van der Waals surface area contributed by atoms with Crippen LogP contribution in [0.2, 0.25) is 0 Å². The summed E-state index contributed by atoms with van der Waals surface area (Å²) >= 11 is 0. The Bertz CT molecular complexity index is 794. The number of unbranched alkanes of at least 4 members (excludes halogenated alkanes) is 1. The van der Waals surface area contributed by atoms with E-state index in [0.717, 1.165) is 35.7 Å². The zero-order valence-electron chi connectivity index (χ0n) is 15.1. The van der Waals surface area contributed by atoms with E-state index < -0.39 is 7.14 Å². The Balaban J connectivity index is 2.15. The van der Waals surface area contributed by atoms with Crippen molar-refractivity contribution in [3.8, 4) is 0 Å². The van der Waals surface area contributed by atoms with Crippen LogP contribution in [0.5, 0.6) is 0 Å². The molecule has 0 unspecified atom stereocenters. The molecule has 1 heterocycles. The first-order valence-electron chi connectivity index (χ1n) is 9.12. The molecule has 0 aliphatic carbocycles. The highest BCUT2D eigenvalue weighted by atomic mass is 31.2. The van der Waals surface area contributed by atoms with Crippen molar-refractivity contribution in [2.45, 2.75) is 25.5 Å². The third-order valence-electron chi connectivity index (χ3n) is 4.48. The van der Waals surface area contributed by atoms with Crippen molar-refractivity contribution in [3.05, 3.63) is 90.8 Å². The molecule has 3 nitrogen and oxygen atoms in total. The largest absolute Gasteiger partial charge is 0.312 e. The summed E-state index contributed by atoms with van der Waals surface area (Å²) in [5, 5.41) is 5.25. The number of pyridine rings is 1. The SMILES string of the molecule is CCCCN[C@H](c1ccccn1)P(=O)(c1ccccc1)c1ccccc1. The van der Waals surface area contributed by atoms with Crippen LogP contribution in [0, 0.1) is 0 Å². The zero-order chi connectivity index (χ0) is 18.2. The standard InChI is InChI=1S/C22H25N2OP/c1-2-3-17-24-22(21-16-10-11-18-23-21)26(25,19-12-6-4-7-13-19)20-14-8-5-9-15-20/h4-16,18,22,24H,2-3,17H2,1H3/t22-/m0/s1. The van der Waals surface area contributed by atoms with Crippen molar-refractivity contribution in [1.29, 1.82) is 0 Å². The minimum atomic E-state index is -2.97. The first kappa shape index (κ1) is 18.6. The zero-order valence-corrected chi connectivity index (χ0v) is 16.0. The fourth-order valence-electron chi connectivity index (χ4n) is 3.12. The van der Waals surface area contributed by atoms with E-state index in [1.165, 1.54) is 0 Å². The van der Waals surface area contributed by atoms with Crippen LogP contribution in [0.1, 0.15) is 31.2 Å². The van der Waals surface area contributed by atoms with Gasteiger partial charge in [-0.2, -0.15) is 0 Å². The van der Waals surface area contributed by atoms with E-state index >= 15 is 0 Å². The number of rotatable bonds is 8. The third-order valence-corrected chi connectivity index (χ3v) is 7.78. The lowest BCUT2D eigenvalue weighted by Crippen LogP contribution is -2.31. The normalized spacial score (nSPS) is 12.7. The van der Waals surface area contributed by atoms with Crippen molar-refractivity contribution in [1.82, 2.24) is 10.3 Å². The molecule has 1 atom stereocenters. The summed E-state index contributed by atoms with van der Waals surface area (Å²) < 4.78 is 14.6. The van der Waals surface area contributed by atoms with Crippen molar-refractivity contribution in [2.24, 2.45) is 0 Å². The lowest BCUT2D eigenvalue weighted by Gasteiger charge is -2.29. The molecule has 4 heteroatoms. The third kappa shape index (κ3) is 3.95. The molecular weight excluding hydrogens is 339 g/mol. The second-order valence-electron chi connectivity index (χ2n) is 6.29. The Kier molecular flexibility index (Phi) is 6.38. The highest BCUT2D eigenvalue weighted by molar-refractivity contribution is 7.79. The van der Waals surface area contributed by atoms with Gasteiger partial charge in [0.2, 0.25) is 0 Å². The number of benzene rings is 2. The highest BCUT2D eigenvalue weighted by Crippen LogP contribution is 2.55. The summed E-state index contributed by atoms with van der Waals surface area (Å²) in [6.07, 6.45) is 3.89. The maximum Gasteiger partial charge on any atom is 0.165 e. The van der Waals surface area contributed by atoms with Gasteiger partial charge in [-0.3, -0.25) is 4.98 Å². The smallest absolute Gasteiger partial charge is 0.165 e. The predicted octanol–water partition coefficient (Wildman–Crippen LogP) is 4.48. The molecule has 0 bridgehead atoms. The molecule has 134 valence electrons. The monoisotopic (exact) mass is 364 g/mol. The summed E-state index contributed by atoms with van der Waals surface area (Å²) in [7, 11) is -2.97. The van der Waals surface area contributed by atoms with Gasteiger partial charge in [0.25, 0.3) is 0 Å². The van der Waals surface area contributed by atoms with E-state index in [9.17, 15) is 4.57 Å². The van der Waals surface area contributed by atoms with E-state index in [1.807, 2.05) is 78.9 Å². The van der Waals surface area contributed by atoms with Crippen LogP contribution in [0.4, 0.5) is 0 Å². The Labute approximate surface area is 155 Å². The van der Waals surface area contributed by atoms with Gasteiger partial charge >= 0.3 is 0 Å². The minimum Gasteiger partial charge on any atom is -0.312 e. The van der Waals surface area contributed by atoms with Gasteiger partial charge in [-0.1, -0.05) is 80.1 Å². The quantitative estimate of drug-likeness (QED) is 0.473. The molecule has 3 rings (SSSR count). The maximum atomic E-state index is 14.6. The molecule has 0 radical (unpaired) electrons. The lowest BCUT2D eigenvalue weighted by atomic mass is 10.3. The number of nitrogens with zero attached hydrogens (tertiary/aromatic N) is 1. The van der Waals surface area contributed by atoms with Gasteiger partial charge in [-0.15, -0.1) is 0 Å². The molecule has 0 aliphatic heterocycles. The van der Waals surface area contributed by atoms with Crippen molar-refractivity contribution >= 4 is 17.8 Å². The van der Waals surface area contributed by atoms with Crippen molar-refractivity contribution in [3.63, 3.8) is 0 Å². The second kappa shape index (κ2) is 8.93. The molecule has 0 spiro atoms. The molecule has 0 fully saturated rings.